The average molecular weight is 183 g/mol. The predicted octanol–water partition coefficient (Wildman–Crippen LogP) is 1.44. The second-order valence-corrected chi connectivity index (χ2v) is 2.99. The molecule has 1 heterocycles. The lowest BCUT2D eigenvalue weighted by Gasteiger charge is -1.98. The van der Waals surface area contributed by atoms with Gasteiger partial charge in [-0.15, -0.1) is 5.10 Å². The lowest BCUT2D eigenvalue weighted by molar-refractivity contribution is -0.112. The summed E-state index contributed by atoms with van der Waals surface area (Å²) in [5.74, 6) is -0.108. The van der Waals surface area contributed by atoms with E-state index in [0.29, 0.717) is 10.6 Å². The third-order valence-corrected chi connectivity index (χ3v) is 1.97. The Labute approximate surface area is 74.5 Å². The normalized spacial score (nSPS) is 11.3. The van der Waals surface area contributed by atoms with Crippen molar-refractivity contribution in [3.05, 3.63) is 17.8 Å². The van der Waals surface area contributed by atoms with Crippen LogP contribution in [-0.2, 0) is 4.79 Å². The number of carbonyl (C=O) groups is 1. The summed E-state index contributed by atoms with van der Waals surface area (Å²) in [6.45, 7) is 3.57. The highest BCUT2D eigenvalue weighted by Gasteiger charge is 2.04. The molecule has 0 aliphatic heterocycles. The Kier molecular flexibility index (Phi) is 2.93. The average Bonchev–Trinajstić information content (AvgIpc) is 2.55. The van der Waals surface area contributed by atoms with E-state index in [-0.39, 0.29) is 5.91 Å². The van der Waals surface area contributed by atoms with Gasteiger partial charge in [-0.25, -0.2) is 0 Å². The van der Waals surface area contributed by atoms with Gasteiger partial charge in [-0.2, -0.15) is 0 Å². The van der Waals surface area contributed by atoms with Crippen molar-refractivity contribution >= 4 is 22.4 Å². The van der Waals surface area contributed by atoms with Crippen LogP contribution in [0.5, 0.6) is 0 Å². The molecule has 12 heavy (non-hydrogen) atoms. The Balaban J connectivity index is 2.59. The van der Waals surface area contributed by atoms with Crippen LogP contribution >= 0.6 is 11.5 Å². The molecule has 1 aromatic rings. The zero-order valence-electron chi connectivity index (χ0n) is 6.87. The maximum Gasteiger partial charge on any atom is 0.251 e. The third-order valence-electron chi connectivity index (χ3n) is 1.39. The van der Waals surface area contributed by atoms with Crippen LogP contribution in [0.15, 0.2) is 17.8 Å². The van der Waals surface area contributed by atoms with Gasteiger partial charge in [0.05, 0.1) is 6.20 Å². The molecular formula is C7H9N3OS. The van der Waals surface area contributed by atoms with E-state index in [4.69, 9.17) is 0 Å². The number of hydrogen-bond acceptors (Lipinski definition) is 4. The molecule has 4 nitrogen and oxygen atoms in total. The quantitative estimate of drug-likeness (QED) is 0.706. The molecule has 5 heteroatoms. The first-order valence-corrected chi connectivity index (χ1v) is 4.23. The molecule has 0 bridgehead atoms. The largest absolute Gasteiger partial charge is 0.311 e. The number of hydrogen-bond donors (Lipinski definition) is 1. The number of carbonyl (C=O) groups excluding carboxylic acids is 1. The van der Waals surface area contributed by atoms with Gasteiger partial charge in [-0.3, -0.25) is 4.79 Å². The van der Waals surface area contributed by atoms with Crippen molar-refractivity contribution in [1.29, 1.82) is 0 Å². The van der Waals surface area contributed by atoms with E-state index in [2.05, 4.69) is 14.9 Å². The molecule has 1 aromatic heterocycles. The van der Waals surface area contributed by atoms with Crippen LogP contribution < -0.4 is 5.32 Å². The fourth-order valence-electron chi connectivity index (χ4n) is 0.564. The molecule has 0 atom stereocenters. The monoisotopic (exact) mass is 183 g/mol. The van der Waals surface area contributed by atoms with Gasteiger partial charge in [0.25, 0.3) is 5.91 Å². The second-order valence-electron chi connectivity index (χ2n) is 2.21. The van der Waals surface area contributed by atoms with Crippen LogP contribution in [-0.4, -0.2) is 15.5 Å². The molecule has 0 aromatic carbocycles. The summed E-state index contributed by atoms with van der Waals surface area (Å²) in [5.41, 5.74) is 0.684. The lowest BCUT2D eigenvalue weighted by Crippen LogP contribution is -2.11. The summed E-state index contributed by atoms with van der Waals surface area (Å²) in [5, 5.41) is 6.92. The van der Waals surface area contributed by atoms with Gasteiger partial charge in [0.15, 0.2) is 0 Å². The highest BCUT2D eigenvalue weighted by atomic mass is 32.1. The fourth-order valence-corrected chi connectivity index (χ4v) is 0.979. The van der Waals surface area contributed by atoms with E-state index in [0.717, 1.165) is 11.5 Å². The van der Waals surface area contributed by atoms with Gasteiger partial charge < -0.3 is 5.32 Å². The first-order chi connectivity index (χ1) is 5.74. The molecule has 0 aliphatic carbocycles. The minimum atomic E-state index is -0.108. The SMILES string of the molecule is C/C=C(/C)C(=O)Nc1cnns1. The zero-order chi connectivity index (χ0) is 8.97. The summed E-state index contributed by atoms with van der Waals surface area (Å²) < 4.78 is 3.62. The Morgan fingerprint density at radius 1 is 1.75 bits per heavy atom. The van der Waals surface area contributed by atoms with Gasteiger partial charge in [0, 0.05) is 17.1 Å². The maximum atomic E-state index is 11.2. The summed E-state index contributed by atoms with van der Waals surface area (Å²) >= 11 is 1.16. The summed E-state index contributed by atoms with van der Waals surface area (Å²) in [6.07, 6.45) is 3.27. The van der Waals surface area contributed by atoms with Crippen molar-refractivity contribution in [2.24, 2.45) is 0 Å². The minimum absolute atomic E-state index is 0.108. The molecule has 1 amide bonds. The van der Waals surface area contributed by atoms with E-state index in [1.165, 1.54) is 6.20 Å². The van der Waals surface area contributed by atoms with Crippen LogP contribution in [0.1, 0.15) is 13.8 Å². The summed E-state index contributed by atoms with van der Waals surface area (Å²) in [6, 6.07) is 0. The molecule has 64 valence electrons. The number of anilines is 1. The molecule has 0 spiro atoms. The lowest BCUT2D eigenvalue weighted by atomic mass is 10.3. The number of rotatable bonds is 2. The first kappa shape index (κ1) is 8.86. The molecule has 0 radical (unpaired) electrons. The smallest absolute Gasteiger partial charge is 0.251 e. The van der Waals surface area contributed by atoms with Gasteiger partial charge >= 0.3 is 0 Å². The van der Waals surface area contributed by atoms with Gasteiger partial charge in [0.2, 0.25) is 0 Å². The highest BCUT2D eigenvalue weighted by Crippen LogP contribution is 2.10. The second kappa shape index (κ2) is 3.96. The summed E-state index contributed by atoms with van der Waals surface area (Å²) in [7, 11) is 0. The standard InChI is InChI=1S/C7H9N3OS/c1-3-5(2)7(11)9-6-4-8-10-12-6/h3-4H,1-2H3,(H,9,11)/b5-3-. The Morgan fingerprint density at radius 3 is 3.00 bits per heavy atom. The van der Waals surface area contributed by atoms with Crippen LogP contribution in [0.2, 0.25) is 0 Å². The fraction of sp³-hybridized carbons (Fsp3) is 0.286. The Bertz CT molecular complexity index is 292. The van der Waals surface area contributed by atoms with E-state index in [1.807, 2.05) is 6.92 Å². The van der Waals surface area contributed by atoms with Crippen molar-refractivity contribution < 1.29 is 4.79 Å². The molecule has 0 aliphatic rings. The molecule has 0 fully saturated rings. The molecular weight excluding hydrogens is 174 g/mol. The Morgan fingerprint density at radius 2 is 2.50 bits per heavy atom. The molecule has 0 saturated carbocycles. The number of allylic oxidation sites excluding steroid dienone is 1. The molecule has 0 saturated heterocycles. The molecule has 1 N–H and O–H groups in total. The molecule has 0 unspecified atom stereocenters. The number of amides is 1. The van der Waals surface area contributed by atoms with E-state index in [1.54, 1.807) is 13.0 Å². The van der Waals surface area contributed by atoms with Crippen LogP contribution in [0.4, 0.5) is 5.00 Å². The van der Waals surface area contributed by atoms with Crippen LogP contribution in [0.25, 0.3) is 0 Å². The zero-order valence-corrected chi connectivity index (χ0v) is 7.68. The minimum Gasteiger partial charge on any atom is -0.311 e. The number of nitrogens with zero attached hydrogens (tertiary/aromatic N) is 2. The first-order valence-electron chi connectivity index (χ1n) is 3.45. The van der Waals surface area contributed by atoms with Gasteiger partial charge in [-0.1, -0.05) is 10.6 Å². The topological polar surface area (TPSA) is 54.9 Å². The predicted molar refractivity (Wildman–Crippen MR) is 48.0 cm³/mol. The third kappa shape index (κ3) is 2.13. The van der Waals surface area contributed by atoms with Crippen molar-refractivity contribution in [2.45, 2.75) is 13.8 Å². The van der Waals surface area contributed by atoms with Crippen molar-refractivity contribution in [3.8, 4) is 0 Å². The van der Waals surface area contributed by atoms with Crippen molar-refractivity contribution in [1.82, 2.24) is 9.59 Å². The summed E-state index contributed by atoms with van der Waals surface area (Å²) in [4.78, 5) is 11.2. The van der Waals surface area contributed by atoms with E-state index < -0.39 is 0 Å². The number of nitrogens with one attached hydrogen (secondary N) is 1. The van der Waals surface area contributed by atoms with E-state index >= 15 is 0 Å². The number of aromatic nitrogens is 2. The maximum absolute atomic E-state index is 11.2. The van der Waals surface area contributed by atoms with Crippen LogP contribution in [0, 0.1) is 0 Å². The van der Waals surface area contributed by atoms with Crippen LogP contribution in [0.3, 0.4) is 0 Å². The van der Waals surface area contributed by atoms with Gasteiger partial charge in [-0.05, 0) is 13.8 Å². The van der Waals surface area contributed by atoms with Gasteiger partial charge in [0.1, 0.15) is 5.00 Å². The highest BCUT2D eigenvalue weighted by molar-refractivity contribution is 7.10. The van der Waals surface area contributed by atoms with Crippen molar-refractivity contribution in [2.75, 3.05) is 5.32 Å². The Hall–Kier alpha value is -1.23. The van der Waals surface area contributed by atoms with E-state index in [9.17, 15) is 4.79 Å². The molecule has 1 rings (SSSR count). The van der Waals surface area contributed by atoms with Crippen molar-refractivity contribution in [3.63, 3.8) is 0 Å².